The van der Waals surface area contributed by atoms with Gasteiger partial charge in [-0.1, -0.05) is 36.7 Å². The number of rotatable bonds is 5. The van der Waals surface area contributed by atoms with Gasteiger partial charge in [0.15, 0.2) is 5.76 Å². The lowest BCUT2D eigenvalue weighted by molar-refractivity contribution is 0.0734. The van der Waals surface area contributed by atoms with Gasteiger partial charge in [0.25, 0.3) is 5.91 Å². The highest BCUT2D eigenvalue weighted by atomic mass is 35.5. The number of aromatic nitrogens is 1. The Hall–Kier alpha value is -2.79. The Morgan fingerprint density at radius 2 is 2.03 bits per heavy atom. The Morgan fingerprint density at radius 3 is 2.79 bits per heavy atom. The quantitative estimate of drug-likeness (QED) is 0.578. The molecule has 0 spiro atoms. The van der Waals surface area contributed by atoms with Crippen LogP contribution in [-0.2, 0) is 13.0 Å². The van der Waals surface area contributed by atoms with Crippen molar-refractivity contribution >= 4 is 17.5 Å². The number of benzene rings is 2. The van der Waals surface area contributed by atoms with E-state index in [0.29, 0.717) is 54.1 Å². The fourth-order valence-corrected chi connectivity index (χ4v) is 3.50. The number of hydrogen-bond acceptors (Lipinski definition) is 4. The number of ether oxygens (including phenoxy) is 1. The van der Waals surface area contributed by atoms with Crippen molar-refractivity contribution in [1.29, 1.82) is 0 Å². The normalized spacial score (nSPS) is 13.4. The van der Waals surface area contributed by atoms with Crippen LogP contribution < -0.4 is 4.74 Å². The van der Waals surface area contributed by atoms with E-state index in [1.807, 2.05) is 53.4 Å². The third kappa shape index (κ3) is 4.30. The van der Waals surface area contributed by atoms with Gasteiger partial charge in [-0.05, 0) is 48.4 Å². The van der Waals surface area contributed by atoms with Crippen LogP contribution in [0, 0.1) is 5.92 Å². The van der Waals surface area contributed by atoms with Crippen LogP contribution in [0.4, 0.5) is 0 Å². The number of carbonyl (C=O) groups is 1. The summed E-state index contributed by atoms with van der Waals surface area (Å²) in [6.07, 6.45) is 0.668. The molecule has 4 rings (SSSR count). The highest BCUT2D eigenvalue weighted by Gasteiger charge is 2.28. The summed E-state index contributed by atoms with van der Waals surface area (Å²) in [5.74, 6) is 1.82. The van der Waals surface area contributed by atoms with Crippen molar-refractivity contribution in [1.82, 2.24) is 10.1 Å². The number of carbonyl (C=O) groups excluding carboxylic acids is 1. The second-order valence-corrected chi connectivity index (χ2v) is 8.09. The molecule has 2 heterocycles. The smallest absolute Gasteiger partial charge is 0.254 e. The number of nitrogens with zero attached hydrogens (tertiary/aromatic N) is 2. The Labute approximate surface area is 175 Å². The monoisotopic (exact) mass is 410 g/mol. The van der Waals surface area contributed by atoms with E-state index < -0.39 is 0 Å². The van der Waals surface area contributed by atoms with E-state index >= 15 is 0 Å². The van der Waals surface area contributed by atoms with Crippen molar-refractivity contribution in [2.45, 2.75) is 26.8 Å². The molecule has 0 bridgehead atoms. The van der Waals surface area contributed by atoms with Crippen molar-refractivity contribution in [2.24, 2.45) is 5.92 Å². The molecule has 0 atom stereocenters. The molecule has 0 N–H and O–H groups in total. The third-order valence-electron chi connectivity index (χ3n) is 4.90. The van der Waals surface area contributed by atoms with Crippen molar-refractivity contribution in [3.63, 3.8) is 0 Å². The molecule has 1 amide bonds. The highest BCUT2D eigenvalue weighted by molar-refractivity contribution is 6.30. The molecular formula is C23H23ClN2O3. The number of hydrogen-bond donors (Lipinski definition) is 0. The Bertz CT molecular complexity index is 1010. The molecule has 3 aromatic rings. The van der Waals surface area contributed by atoms with Crippen molar-refractivity contribution in [3.05, 3.63) is 70.4 Å². The fourth-order valence-electron chi connectivity index (χ4n) is 3.38. The minimum absolute atomic E-state index is 0.0195. The predicted molar refractivity (Wildman–Crippen MR) is 112 cm³/mol. The lowest BCUT2D eigenvalue weighted by Crippen LogP contribution is -2.35. The zero-order valence-electron chi connectivity index (χ0n) is 16.5. The average Bonchev–Trinajstić information content (AvgIpc) is 3.16. The van der Waals surface area contributed by atoms with E-state index in [4.69, 9.17) is 20.9 Å². The maximum absolute atomic E-state index is 13.1. The van der Waals surface area contributed by atoms with Crippen LogP contribution in [-0.4, -0.2) is 29.1 Å². The van der Waals surface area contributed by atoms with Gasteiger partial charge in [0, 0.05) is 34.7 Å². The van der Waals surface area contributed by atoms with Gasteiger partial charge in [0.1, 0.15) is 5.75 Å². The van der Waals surface area contributed by atoms with E-state index in [1.165, 1.54) is 0 Å². The van der Waals surface area contributed by atoms with Gasteiger partial charge in [0.05, 0.1) is 18.8 Å². The van der Waals surface area contributed by atoms with Crippen LogP contribution in [0.1, 0.15) is 35.5 Å². The SMILES string of the molecule is CC(C)COc1cccc(C(=O)N2CCc3noc(-c4ccc(Cl)cc4)c3C2)c1. The molecule has 1 aliphatic rings. The number of amides is 1. The summed E-state index contributed by atoms with van der Waals surface area (Å²) in [5, 5.41) is 4.88. The molecule has 150 valence electrons. The Balaban J connectivity index is 1.54. The minimum atomic E-state index is -0.0195. The molecule has 5 nitrogen and oxygen atoms in total. The van der Waals surface area contributed by atoms with Gasteiger partial charge >= 0.3 is 0 Å². The summed E-state index contributed by atoms with van der Waals surface area (Å²) in [7, 11) is 0. The first-order chi connectivity index (χ1) is 14.0. The largest absolute Gasteiger partial charge is 0.493 e. The van der Waals surface area contributed by atoms with E-state index in [1.54, 1.807) is 0 Å². The molecule has 1 aromatic heterocycles. The van der Waals surface area contributed by atoms with Crippen molar-refractivity contribution < 1.29 is 14.1 Å². The molecule has 0 aliphatic carbocycles. The molecule has 6 heteroatoms. The average molecular weight is 411 g/mol. The van der Waals surface area contributed by atoms with Crippen LogP contribution >= 0.6 is 11.6 Å². The number of halogens is 1. The first-order valence-electron chi connectivity index (χ1n) is 9.77. The van der Waals surface area contributed by atoms with Crippen molar-refractivity contribution in [3.8, 4) is 17.1 Å². The lowest BCUT2D eigenvalue weighted by Gasteiger charge is -2.26. The van der Waals surface area contributed by atoms with Gasteiger partial charge in [-0.15, -0.1) is 0 Å². The summed E-state index contributed by atoms with van der Waals surface area (Å²) < 4.78 is 11.4. The van der Waals surface area contributed by atoms with Gasteiger partial charge in [0.2, 0.25) is 0 Å². The van der Waals surface area contributed by atoms with Gasteiger partial charge in [-0.2, -0.15) is 0 Å². The standard InChI is InChI=1S/C23H23ClN2O3/c1-15(2)14-28-19-5-3-4-17(12-19)23(27)26-11-10-21-20(13-26)22(29-25-21)16-6-8-18(24)9-7-16/h3-9,12,15H,10-11,13-14H2,1-2H3. The van der Waals surface area contributed by atoms with Crippen LogP contribution in [0.15, 0.2) is 53.1 Å². The van der Waals surface area contributed by atoms with E-state index in [0.717, 1.165) is 16.8 Å². The lowest BCUT2D eigenvalue weighted by atomic mass is 10.0. The van der Waals surface area contributed by atoms with E-state index in [-0.39, 0.29) is 5.91 Å². The maximum Gasteiger partial charge on any atom is 0.254 e. The zero-order chi connectivity index (χ0) is 20.4. The highest BCUT2D eigenvalue weighted by Crippen LogP contribution is 2.31. The zero-order valence-corrected chi connectivity index (χ0v) is 17.3. The van der Waals surface area contributed by atoms with Crippen LogP contribution in [0.25, 0.3) is 11.3 Å². The Kier molecular flexibility index (Phi) is 5.58. The molecule has 29 heavy (non-hydrogen) atoms. The Morgan fingerprint density at radius 1 is 1.24 bits per heavy atom. The summed E-state index contributed by atoms with van der Waals surface area (Å²) in [6, 6.07) is 14.8. The predicted octanol–water partition coefficient (Wildman–Crippen LogP) is 5.23. The minimum Gasteiger partial charge on any atom is -0.493 e. The molecule has 0 unspecified atom stereocenters. The molecule has 0 radical (unpaired) electrons. The second-order valence-electron chi connectivity index (χ2n) is 7.65. The summed E-state index contributed by atoms with van der Waals surface area (Å²) in [6.45, 7) is 5.88. The van der Waals surface area contributed by atoms with Crippen LogP contribution in [0.3, 0.4) is 0 Å². The molecule has 0 saturated heterocycles. The molecule has 0 fully saturated rings. The molecule has 2 aromatic carbocycles. The first kappa shape index (κ1) is 19.5. The van der Waals surface area contributed by atoms with Crippen molar-refractivity contribution in [2.75, 3.05) is 13.2 Å². The molecule has 0 saturated carbocycles. The van der Waals surface area contributed by atoms with Gasteiger partial charge in [-0.25, -0.2) is 0 Å². The maximum atomic E-state index is 13.1. The third-order valence-corrected chi connectivity index (χ3v) is 5.15. The van der Waals surface area contributed by atoms with Gasteiger partial charge < -0.3 is 14.2 Å². The summed E-state index contributed by atoms with van der Waals surface area (Å²) in [4.78, 5) is 14.9. The van der Waals surface area contributed by atoms with E-state index in [9.17, 15) is 4.79 Å². The number of fused-ring (bicyclic) bond motifs is 1. The fraction of sp³-hybridized carbons (Fsp3) is 0.304. The molecular weight excluding hydrogens is 388 g/mol. The first-order valence-corrected chi connectivity index (χ1v) is 10.1. The van der Waals surface area contributed by atoms with Crippen LogP contribution in [0.5, 0.6) is 5.75 Å². The summed E-state index contributed by atoms with van der Waals surface area (Å²) in [5.41, 5.74) is 3.40. The second kappa shape index (κ2) is 8.29. The van der Waals surface area contributed by atoms with Gasteiger partial charge in [-0.3, -0.25) is 4.79 Å². The summed E-state index contributed by atoms with van der Waals surface area (Å²) >= 11 is 5.99. The van der Waals surface area contributed by atoms with Crippen LogP contribution in [0.2, 0.25) is 5.02 Å². The van der Waals surface area contributed by atoms with E-state index in [2.05, 4.69) is 19.0 Å². The molecule has 1 aliphatic heterocycles. The topological polar surface area (TPSA) is 55.6 Å².